The quantitative estimate of drug-likeness (QED) is 0.791. The largest absolute Gasteiger partial charge is 0.313 e. The molecule has 0 aromatic rings. The average Bonchev–Trinajstić information content (AvgIpc) is 2.16. The van der Waals surface area contributed by atoms with E-state index in [9.17, 15) is 8.42 Å². The molecule has 0 aliphatic carbocycles. The molecule has 1 rings (SSSR count). The Kier molecular flexibility index (Phi) is 5.21. The number of sulfonamides is 1. The van der Waals surface area contributed by atoms with Crippen LogP contribution in [0, 0.1) is 5.92 Å². The van der Waals surface area contributed by atoms with E-state index in [0.29, 0.717) is 31.6 Å². The molecule has 4 nitrogen and oxygen atoms in total. The van der Waals surface area contributed by atoms with Crippen LogP contribution in [0.15, 0.2) is 0 Å². The molecule has 0 aromatic heterocycles. The van der Waals surface area contributed by atoms with Gasteiger partial charge in [-0.15, -0.1) is 0 Å². The smallest absolute Gasteiger partial charge is 0.215 e. The van der Waals surface area contributed by atoms with Crippen molar-refractivity contribution in [3.05, 3.63) is 0 Å². The molecule has 96 valence electrons. The second-order valence-corrected chi connectivity index (χ2v) is 7.12. The third-order valence-corrected chi connectivity index (χ3v) is 4.76. The summed E-state index contributed by atoms with van der Waals surface area (Å²) in [5.41, 5.74) is 0. The normalized spacial score (nSPS) is 23.9. The first-order valence-electron chi connectivity index (χ1n) is 6.13. The van der Waals surface area contributed by atoms with Gasteiger partial charge in [0.15, 0.2) is 0 Å². The van der Waals surface area contributed by atoms with E-state index >= 15 is 0 Å². The summed E-state index contributed by atoms with van der Waals surface area (Å²) in [6.45, 7) is 8.11. The molecule has 1 heterocycles. The lowest BCUT2D eigenvalue weighted by Gasteiger charge is -2.30. The highest BCUT2D eigenvalue weighted by molar-refractivity contribution is 7.89. The first kappa shape index (κ1) is 13.9. The number of nitrogens with zero attached hydrogens (tertiary/aromatic N) is 1. The second kappa shape index (κ2) is 5.98. The van der Waals surface area contributed by atoms with Crippen molar-refractivity contribution in [1.29, 1.82) is 0 Å². The van der Waals surface area contributed by atoms with Gasteiger partial charge in [0.05, 0.1) is 5.75 Å². The number of nitrogens with one attached hydrogen (secondary N) is 1. The third-order valence-electron chi connectivity index (χ3n) is 2.93. The van der Waals surface area contributed by atoms with Crippen molar-refractivity contribution in [3.8, 4) is 0 Å². The van der Waals surface area contributed by atoms with Crippen molar-refractivity contribution in [2.45, 2.75) is 39.7 Å². The molecule has 0 amide bonds. The molecule has 1 saturated heterocycles. The molecule has 1 aliphatic rings. The zero-order chi connectivity index (χ0) is 12.2. The van der Waals surface area contributed by atoms with Crippen LogP contribution in [0.4, 0.5) is 0 Å². The SMILES string of the molecule is CC1CCCN(S(=O)(=O)CCNC(C)C)C1. The lowest BCUT2D eigenvalue weighted by molar-refractivity contribution is 0.281. The highest BCUT2D eigenvalue weighted by Crippen LogP contribution is 2.18. The van der Waals surface area contributed by atoms with Crippen LogP contribution in [0.2, 0.25) is 0 Å². The maximum atomic E-state index is 12.0. The molecule has 1 fully saturated rings. The Morgan fingerprint density at radius 1 is 1.44 bits per heavy atom. The molecule has 1 atom stereocenters. The molecule has 1 N–H and O–H groups in total. The van der Waals surface area contributed by atoms with Gasteiger partial charge < -0.3 is 5.32 Å². The zero-order valence-electron chi connectivity index (χ0n) is 10.6. The van der Waals surface area contributed by atoms with Gasteiger partial charge in [0, 0.05) is 25.7 Å². The van der Waals surface area contributed by atoms with E-state index in [1.807, 2.05) is 13.8 Å². The molecule has 0 bridgehead atoms. The first-order chi connectivity index (χ1) is 7.42. The molecule has 5 heteroatoms. The summed E-state index contributed by atoms with van der Waals surface area (Å²) in [5, 5.41) is 3.15. The monoisotopic (exact) mass is 248 g/mol. The Morgan fingerprint density at radius 3 is 2.69 bits per heavy atom. The summed E-state index contributed by atoms with van der Waals surface area (Å²) >= 11 is 0. The third kappa shape index (κ3) is 4.39. The van der Waals surface area contributed by atoms with Crippen LogP contribution in [0.25, 0.3) is 0 Å². The summed E-state index contributed by atoms with van der Waals surface area (Å²) in [4.78, 5) is 0. The fourth-order valence-electron chi connectivity index (χ4n) is 2.00. The summed E-state index contributed by atoms with van der Waals surface area (Å²) in [5.74, 6) is 0.722. The summed E-state index contributed by atoms with van der Waals surface area (Å²) in [6.07, 6.45) is 2.15. The molecule has 0 radical (unpaired) electrons. The van der Waals surface area contributed by atoms with Gasteiger partial charge in [0.2, 0.25) is 10.0 Å². The molecule has 1 aliphatic heterocycles. The molecule has 0 saturated carbocycles. The van der Waals surface area contributed by atoms with E-state index < -0.39 is 10.0 Å². The molecular weight excluding hydrogens is 224 g/mol. The number of rotatable bonds is 5. The Balaban J connectivity index is 2.43. The topological polar surface area (TPSA) is 49.4 Å². The van der Waals surface area contributed by atoms with Crippen molar-refractivity contribution >= 4 is 10.0 Å². The minimum absolute atomic E-state index is 0.220. The van der Waals surface area contributed by atoms with Crippen molar-refractivity contribution in [2.75, 3.05) is 25.4 Å². The molecule has 0 spiro atoms. The highest BCUT2D eigenvalue weighted by atomic mass is 32.2. The van der Waals surface area contributed by atoms with Crippen molar-refractivity contribution in [1.82, 2.24) is 9.62 Å². The van der Waals surface area contributed by atoms with E-state index in [0.717, 1.165) is 12.8 Å². The molecule has 0 aromatic carbocycles. The van der Waals surface area contributed by atoms with Crippen LogP contribution >= 0.6 is 0 Å². The van der Waals surface area contributed by atoms with Crippen LogP contribution in [-0.2, 0) is 10.0 Å². The molecule has 16 heavy (non-hydrogen) atoms. The zero-order valence-corrected chi connectivity index (χ0v) is 11.4. The fraction of sp³-hybridized carbons (Fsp3) is 1.00. The maximum Gasteiger partial charge on any atom is 0.215 e. The molecule has 1 unspecified atom stereocenters. The minimum Gasteiger partial charge on any atom is -0.313 e. The predicted octanol–water partition coefficient (Wildman–Crippen LogP) is 1.05. The standard InChI is InChI=1S/C11H24N2O2S/c1-10(2)12-6-8-16(14,15)13-7-4-5-11(3)9-13/h10-12H,4-9H2,1-3H3. The van der Waals surface area contributed by atoms with E-state index in [1.165, 1.54) is 0 Å². The maximum absolute atomic E-state index is 12.0. The van der Waals surface area contributed by atoms with Crippen molar-refractivity contribution in [2.24, 2.45) is 5.92 Å². The minimum atomic E-state index is -3.04. The molecular formula is C11H24N2O2S. The Labute approximate surface area is 99.5 Å². The van der Waals surface area contributed by atoms with E-state index in [1.54, 1.807) is 4.31 Å². The van der Waals surface area contributed by atoms with Crippen LogP contribution in [0.1, 0.15) is 33.6 Å². The summed E-state index contributed by atoms with van der Waals surface area (Å²) in [7, 11) is -3.04. The van der Waals surface area contributed by atoms with E-state index in [-0.39, 0.29) is 5.75 Å². The Bertz CT molecular complexity index is 301. The predicted molar refractivity (Wildman–Crippen MR) is 66.9 cm³/mol. The van der Waals surface area contributed by atoms with Crippen LogP contribution in [0.3, 0.4) is 0 Å². The van der Waals surface area contributed by atoms with Crippen LogP contribution < -0.4 is 5.32 Å². The second-order valence-electron chi connectivity index (χ2n) is 5.03. The first-order valence-corrected chi connectivity index (χ1v) is 7.74. The lowest BCUT2D eigenvalue weighted by atomic mass is 10.0. The number of piperidine rings is 1. The van der Waals surface area contributed by atoms with Gasteiger partial charge in [-0.25, -0.2) is 12.7 Å². The van der Waals surface area contributed by atoms with Gasteiger partial charge in [-0.1, -0.05) is 20.8 Å². The van der Waals surface area contributed by atoms with E-state index in [2.05, 4.69) is 12.2 Å². The summed E-state index contributed by atoms with van der Waals surface area (Å²) < 4.78 is 25.7. The number of hydrogen-bond acceptors (Lipinski definition) is 3. The van der Waals surface area contributed by atoms with Gasteiger partial charge in [-0.05, 0) is 18.8 Å². The van der Waals surface area contributed by atoms with Gasteiger partial charge >= 0.3 is 0 Å². The van der Waals surface area contributed by atoms with Crippen LogP contribution in [-0.4, -0.2) is 44.2 Å². The van der Waals surface area contributed by atoms with Gasteiger partial charge in [-0.3, -0.25) is 0 Å². The Morgan fingerprint density at radius 2 is 2.12 bits per heavy atom. The van der Waals surface area contributed by atoms with Crippen molar-refractivity contribution < 1.29 is 8.42 Å². The summed E-state index contributed by atoms with van der Waals surface area (Å²) in [6, 6.07) is 0.343. The Hall–Kier alpha value is -0.130. The van der Waals surface area contributed by atoms with Crippen molar-refractivity contribution in [3.63, 3.8) is 0 Å². The van der Waals surface area contributed by atoms with Gasteiger partial charge in [-0.2, -0.15) is 0 Å². The lowest BCUT2D eigenvalue weighted by Crippen LogP contribution is -2.42. The number of hydrogen-bond donors (Lipinski definition) is 1. The fourth-order valence-corrected chi connectivity index (χ4v) is 3.53. The highest BCUT2D eigenvalue weighted by Gasteiger charge is 2.26. The van der Waals surface area contributed by atoms with Gasteiger partial charge in [0.1, 0.15) is 0 Å². The van der Waals surface area contributed by atoms with Gasteiger partial charge in [0.25, 0.3) is 0 Å². The van der Waals surface area contributed by atoms with E-state index in [4.69, 9.17) is 0 Å². The average molecular weight is 248 g/mol. The van der Waals surface area contributed by atoms with Crippen LogP contribution in [0.5, 0.6) is 0 Å².